The zero-order valence-electron chi connectivity index (χ0n) is 9.44. The number of amides is 1. The van der Waals surface area contributed by atoms with E-state index in [9.17, 15) is 9.90 Å². The van der Waals surface area contributed by atoms with Crippen LogP contribution >= 0.6 is 0 Å². The van der Waals surface area contributed by atoms with Gasteiger partial charge in [0.15, 0.2) is 0 Å². The number of carbonyl (C=O) groups is 1. The van der Waals surface area contributed by atoms with Crippen molar-refractivity contribution in [1.29, 1.82) is 0 Å². The normalized spacial score (nSPS) is 14.4. The van der Waals surface area contributed by atoms with Crippen molar-refractivity contribution in [3.05, 3.63) is 35.9 Å². The first kappa shape index (κ1) is 12.7. The number of benzene rings is 1. The quantitative estimate of drug-likeness (QED) is 0.650. The third-order valence-electron chi connectivity index (χ3n) is 2.61. The van der Waals surface area contributed by atoms with Crippen LogP contribution in [-0.4, -0.2) is 24.2 Å². The van der Waals surface area contributed by atoms with E-state index in [0.29, 0.717) is 6.54 Å². The second kappa shape index (κ2) is 5.63. The first-order valence-corrected chi connectivity index (χ1v) is 5.28. The molecular formula is C12H18N2O2. The average Bonchev–Trinajstić information content (AvgIpc) is 2.29. The number of carbonyl (C=O) groups excluding carboxylic acids is 1. The average molecular weight is 222 g/mol. The van der Waals surface area contributed by atoms with Crippen LogP contribution in [0.15, 0.2) is 30.3 Å². The van der Waals surface area contributed by atoms with E-state index in [-0.39, 0.29) is 18.9 Å². The van der Waals surface area contributed by atoms with E-state index >= 15 is 0 Å². The predicted molar refractivity (Wildman–Crippen MR) is 62.7 cm³/mol. The summed E-state index contributed by atoms with van der Waals surface area (Å²) in [6.07, 6.45) is 0.266. The van der Waals surface area contributed by atoms with Gasteiger partial charge in [0.25, 0.3) is 0 Å². The smallest absolute Gasteiger partial charge is 0.218 e. The summed E-state index contributed by atoms with van der Waals surface area (Å²) in [5.41, 5.74) is 5.52. The highest BCUT2D eigenvalue weighted by molar-refractivity contribution is 5.73. The molecule has 0 spiro atoms. The second-order valence-corrected chi connectivity index (χ2v) is 4.00. The van der Waals surface area contributed by atoms with Gasteiger partial charge < -0.3 is 16.2 Å². The molecule has 4 nitrogen and oxygen atoms in total. The molecule has 1 rings (SSSR count). The molecule has 0 aliphatic heterocycles. The topological polar surface area (TPSA) is 75.3 Å². The Hall–Kier alpha value is -1.39. The molecule has 0 aliphatic carbocycles. The van der Waals surface area contributed by atoms with Gasteiger partial charge in [-0.05, 0) is 12.5 Å². The Bertz CT molecular complexity index is 340. The van der Waals surface area contributed by atoms with Gasteiger partial charge in [-0.15, -0.1) is 0 Å². The van der Waals surface area contributed by atoms with E-state index in [0.717, 1.165) is 5.56 Å². The van der Waals surface area contributed by atoms with Gasteiger partial charge in [-0.2, -0.15) is 0 Å². The Morgan fingerprint density at radius 3 is 2.56 bits per heavy atom. The van der Waals surface area contributed by atoms with E-state index in [4.69, 9.17) is 5.73 Å². The fraction of sp³-hybridized carbons (Fsp3) is 0.417. The number of primary amides is 1. The highest BCUT2D eigenvalue weighted by Crippen LogP contribution is 2.19. The van der Waals surface area contributed by atoms with Gasteiger partial charge in [-0.25, -0.2) is 0 Å². The molecule has 0 saturated carbocycles. The Morgan fingerprint density at radius 2 is 2.06 bits per heavy atom. The molecule has 0 radical (unpaired) electrons. The molecule has 1 aromatic rings. The van der Waals surface area contributed by atoms with E-state index in [1.807, 2.05) is 37.3 Å². The minimum Gasteiger partial charge on any atom is -0.394 e. The van der Waals surface area contributed by atoms with Crippen LogP contribution in [0.5, 0.6) is 0 Å². The third kappa shape index (κ3) is 3.32. The van der Waals surface area contributed by atoms with Crippen LogP contribution in [-0.2, 0) is 10.3 Å². The summed E-state index contributed by atoms with van der Waals surface area (Å²) >= 11 is 0. The van der Waals surface area contributed by atoms with Crippen LogP contribution < -0.4 is 11.1 Å². The van der Waals surface area contributed by atoms with E-state index in [1.54, 1.807) is 0 Å². The van der Waals surface area contributed by atoms with Crippen molar-refractivity contribution in [2.24, 2.45) is 5.73 Å². The van der Waals surface area contributed by atoms with Gasteiger partial charge >= 0.3 is 0 Å². The van der Waals surface area contributed by atoms with Crippen molar-refractivity contribution in [1.82, 2.24) is 5.32 Å². The highest BCUT2D eigenvalue weighted by Gasteiger charge is 2.24. The number of aliphatic hydroxyl groups is 1. The van der Waals surface area contributed by atoms with Crippen molar-refractivity contribution in [3.63, 3.8) is 0 Å². The number of rotatable bonds is 6. The lowest BCUT2D eigenvalue weighted by atomic mass is 9.93. The SMILES string of the molecule is CC(CO)(NCCC(N)=O)c1ccccc1. The first-order chi connectivity index (χ1) is 7.58. The molecule has 88 valence electrons. The molecule has 16 heavy (non-hydrogen) atoms. The van der Waals surface area contributed by atoms with E-state index in [2.05, 4.69) is 5.32 Å². The Labute approximate surface area is 95.5 Å². The van der Waals surface area contributed by atoms with Crippen molar-refractivity contribution < 1.29 is 9.90 Å². The van der Waals surface area contributed by atoms with Crippen LogP contribution in [0.1, 0.15) is 18.9 Å². The molecular weight excluding hydrogens is 204 g/mol. The number of nitrogens with two attached hydrogens (primary N) is 1. The summed E-state index contributed by atoms with van der Waals surface area (Å²) in [6, 6.07) is 9.63. The molecule has 0 aromatic heterocycles. The Kier molecular flexibility index (Phi) is 4.46. The van der Waals surface area contributed by atoms with Crippen molar-refractivity contribution >= 4 is 5.91 Å². The lowest BCUT2D eigenvalue weighted by molar-refractivity contribution is -0.118. The minimum absolute atomic E-state index is 0.0320. The van der Waals surface area contributed by atoms with Gasteiger partial charge in [0, 0.05) is 13.0 Å². The fourth-order valence-corrected chi connectivity index (χ4v) is 1.52. The molecule has 1 aromatic carbocycles. The molecule has 0 aliphatic rings. The Balaban J connectivity index is 2.67. The molecule has 0 fully saturated rings. The van der Waals surface area contributed by atoms with Crippen LogP contribution in [0.3, 0.4) is 0 Å². The number of nitrogens with one attached hydrogen (secondary N) is 1. The van der Waals surface area contributed by atoms with Gasteiger partial charge in [0.2, 0.25) is 5.91 Å². The second-order valence-electron chi connectivity index (χ2n) is 4.00. The van der Waals surface area contributed by atoms with Crippen LogP contribution in [0, 0.1) is 0 Å². The monoisotopic (exact) mass is 222 g/mol. The van der Waals surface area contributed by atoms with Crippen LogP contribution in [0.2, 0.25) is 0 Å². The number of aliphatic hydroxyl groups excluding tert-OH is 1. The maximum absolute atomic E-state index is 10.6. The summed E-state index contributed by atoms with van der Waals surface area (Å²) in [4.78, 5) is 10.6. The third-order valence-corrected chi connectivity index (χ3v) is 2.61. The molecule has 4 N–H and O–H groups in total. The lowest BCUT2D eigenvalue weighted by Gasteiger charge is -2.29. The van der Waals surface area contributed by atoms with Crippen molar-refractivity contribution in [3.8, 4) is 0 Å². The van der Waals surface area contributed by atoms with Gasteiger partial charge in [-0.3, -0.25) is 4.79 Å². The minimum atomic E-state index is -0.531. The van der Waals surface area contributed by atoms with Crippen molar-refractivity contribution in [2.45, 2.75) is 18.9 Å². The number of hydrogen-bond acceptors (Lipinski definition) is 3. The summed E-state index contributed by atoms with van der Waals surface area (Å²) < 4.78 is 0. The summed E-state index contributed by atoms with van der Waals surface area (Å²) in [7, 11) is 0. The lowest BCUT2D eigenvalue weighted by Crippen LogP contribution is -2.44. The standard InChI is InChI=1S/C12H18N2O2/c1-12(9-15,14-8-7-11(13)16)10-5-3-2-4-6-10/h2-6,14-15H,7-9H2,1H3,(H2,13,16). The maximum Gasteiger partial charge on any atom is 0.218 e. The van der Waals surface area contributed by atoms with E-state index in [1.165, 1.54) is 0 Å². The van der Waals surface area contributed by atoms with Crippen molar-refractivity contribution in [2.75, 3.05) is 13.2 Å². The molecule has 0 bridgehead atoms. The summed E-state index contributed by atoms with van der Waals surface area (Å²) in [5, 5.41) is 12.6. The van der Waals surface area contributed by atoms with E-state index < -0.39 is 5.54 Å². The molecule has 0 heterocycles. The zero-order chi connectivity index (χ0) is 12.0. The van der Waals surface area contributed by atoms with Gasteiger partial charge in [-0.1, -0.05) is 30.3 Å². The maximum atomic E-state index is 10.6. The van der Waals surface area contributed by atoms with Gasteiger partial charge in [0.1, 0.15) is 0 Å². The molecule has 1 atom stereocenters. The number of hydrogen-bond donors (Lipinski definition) is 3. The highest BCUT2D eigenvalue weighted by atomic mass is 16.3. The molecule has 1 unspecified atom stereocenters. The molecule has 1 amide bonds. The first-order valence-electron chi connectivity index (χ1n) is 5.28. The largest absolute Gasteiger partial charge is 0.394 e. The molecule has 0 saturated heterocycles. The van der Waals surface area contributed by atoms with Gasteiger partial charge in [0.05, 0.1) is 12.1 Å². The van der Waals surface area contributed by atoms with Crippen LogP contribution in [0.4, 0.5) is 0 Å². The fourth-order valence-electron chi connectivity index (χ4n) is 1.52. The summed E-state index contributed by atoms with van der Waals surface area (Å²) in [5.74, 6) is -0.346. The van der Waals surface area contributed by atoms with Crippen LogP contribution in [0.25, 0.3) is 0 Å². The Morgan fingerprint density at radius 1 is 1.44 bits per heavy atom. The zero-order valence-corrected chi connectivity index (χ0v) is 9.44. The predicted octanol–water partition coefficient (Wildman–Crippen LogP) is 0.359. The molecule has 4 heteroatoms. The summed E-state index contributed by atoms with van der Waals surface area (Å²) in [6.45, 7) is 2.32.